The van der Waals surface area contributed by atoms with E-state index in [-0.39, 0.29) is 29.4 Å². The first-order valence-electron chi connectivity index (χ1n) is 12.2. The molecule has 3 aromatic carbocycles. The lowest BCUT2D eigenvalue weighted by molar-refractivity contribution is -0.128. The lowest BCUT2D eigenvalue weighted by atomic mass is 9.74. The number of hydrogen-bond acceptors (Lipinski definition) is 4. The van der Waals surface area contributed by atoms with Crippen LogP contribution in [0.1, 0.15) is 27.7 Å². The lowest BCUT2D eigenvalue weighted by Crippen LogP contribution is -2.73. The Morgan fingerprint density at radius 1 is 0.886 bits per heavy atom. The summed E-state index contributed by atoms with van der Waals surface area (Å²) < 4.78 is 12.4. The monoisotopic (exact) mass is 488 g/mol. The number of ether oxygens (including phenoxy) is 1. The normalized spacial score (nSPS) is 19.9. The minimum absolute atomic E-state index is 0.0206. The average molecular weight is 489 g/mol. The number of methoxy groups -OCH3 is 1. The first-order valence-corrected chi connectivity index (χ1v) is 13.8. The molecule has 1 aliphatic rings. The maximum Gasteiger partial charge on any atom is 0.246 e. The van der Waals surface area contributed by atoms with Gasteiger partial charge in [-0.15, -0.1) is 0 Å². The van der Waals surface area contributed by atoms with Crippen LogP contribution in [-0.2, 0) is 9.22 Å². The standard InChI is InChI=1S/C29H36N2O3Si/c1-20(26-25(30)28(32)31(26)21-16-18-22(33-5)19-17-21)27(29(2,3)4)34-35(23-12-8-6-9-13-23)24-14-10-7-11-15-24/h6-20,25-27,35H,30H2,1-5H3/t20-,25-,26+,27?/m0/s1. The van der Waals surface area contributed by atoms with Gasteiger partial charge >= 0.3 is 0 Å². The third-order valence-electron chi connectivity index (χ3n) is 6.90. The number of nitrogens with two attached hydrogens (primary N) is 1. The van der Waals surface area contributed by atoms with Gasteiger partial charge in [-0.1, -0.05) is 88.4 Å². The van der Waals surface area contributed by atoms with Gasteiger partial charge in [0.15, 0.2) is 0 Å². The Morgan fingerprint density at radius 3 is 1.86 bits per heavy atom. The molecule has 0 aromatic heterocycles. The van der Waals surface area contributed by atoms with Crippen molar-refractivity contribution in [1.29, 1.82) is 0 Å². The third kappa shape index (κ3) is 5.20. The summed E-state index contributed by atoms with van der Waals surface area (Å²) in [5.41, 5.74) is 7.11. The first kappa shape index (κ1) is 25.2. The van der Waals surface area contributed by atoms with Crippen molar-refractivity contribution < 1.29 is 14.0 Å². The predicted molar refractivity (Wildman–Crippen MR) is 145 cm³/mol. The zero-order chi connectivity index (χ0) is 25.2. The maximum atomic E-state index is 12.9. The maximum absolute atomic E-state index is 12.9. The van der Waals surface area contributed by atoms with Gasteiger partial charge in [0.25, 0.3) is 0 Å². The highest BCUT2D eigenvalue weighted by atomic mass is 28.3. The molecule has 1 saturated heterocycles. The SMILES string of the molecule is COc1ccc(N2C(=O)[C@@H](N)[C@H]2[C@H](C)C(O[SiH](c2ccccc2)c2ccccc2)C(C)(C)C)cc1. The van der Waals surface area contributed by atoms with Crippen molar-refractivity contribution in [2.75, 3.05) is 12.0 Å². The second-order valence-corrected chi connectivity index (χ2v) is 12.8. The Morgan fingerprint density at radius 2 is 1.40 bits per heavy atom. The summed E-state index contributed by atoms with van der Waals surface area (Å²) in [5, 5.41) is 2.47. The largest absolute Gasteiger partial charge is 0.497 e. The Labute approximate surface area is 210 Å². The van der Waals surface area contributed by atoms with Crippen LogP contribution < -0.4 is 25.7 Å². The molecule has 1 amide bonds. The fourth-order valence-electron chi connectivity index (χ4n) is 5.18. The number of carbonyl (C=O) groups excluding carboxylic acids is 1. The summed E-state index contributed by atoms with van der Waals surface area (Å²) in [6.45, 7) is 8.79. The van der Waals surface area contributed by atoms with Crippen molar-refractivity contribution in [3.8, 4) is 5.75 Å². The molecule has 3 aromatic rings. The second-order valence-electron chi connectivity index (χ2n) is 10.4. The summed E-state index contributed by atoms with van der Waals surface area (Å²) in [5.74, 6) is 0.720. The molecule has 0 aliphatic carbocycles. The smallest absolute Gasteiger partial charge is 0.246 e. The van der Waals surface area contributed by atoms with Crippen molar-refractivity contribution in [3.05, 3.63) is 84.9 Å². The van der Waals surface area contributed by atoms with Gasteiger partial charge in [-0.05, 0) is 40.1 Å². The Kier molecular flexibility index (Phi) is 7.45. The predicted octanol–water partition coefficient (Wildman–Crippen LogP) is 3.34. The van der Waals surface area contributed by atoms with E-state index in [9.17, 15) is 4.79 Å². The molecule has 0 bridgehead atoms. The van der Waals surface area contributed by atoms with Gasteiger partial charge in [-0.2, -0.15) is 0 Å². The van der Waals surface area contributed by atoms with Gasteiger partial charge in [0.05, 0.1) is 19.3 Å². The highest BCUT2D eigenvalue weighted by Gasteiger charge is 2.52. The molecule has 2 N–H and O–H groups in total. The van der Waals surface area contributed by atoms with Crippen LogP contribution in [0, 0.1) is 11.3 Å². The van der Waals surface area contributed by atoms with Crippen molar-refractivity contribution >= 4 is 31.0 Å². The highest BCUT2D eigenvalue weighted by Crippen LogP contribution is 2.39. The molecule has 1 heterocycles. The number of amides is 1. The minimum Gasteiger partial charge on any atom is -0.497 e. The number of carbonyl (C=O) groups is 1. The van der Waals surface area contributed by atoms with E-state index in [1.165, 1.54) is 10.4 Å². The van der Waals surface area contributed by atoms with Crippen LogP contribution >= 0.6 is 0 Å². The molecule has 4 rings (SSSR count). The number of hydrogen-bond donors (Lipinski definition) is 1. The molecule has 35 heavy (non-hydrogen) atoms. The molecule has 0 radical (unpaired) electrons. The van der Waals surface area contributed by atoms with Crippen molar-refractivity contribution in [3.63, 3.8) is 0 Å². The Bertz CT molecular complexity index is 1080. The van der Waals surface area contributed by atoms with Crippen LogP contribution in [0.15, 0.2) is 84.9 Å². The number of rotatable bonds is 8. The molecular formula is C29H36N2O3Si. The van der Waals surface area contributed by atoms with E-state index in [1.807, 2.05) is 41.3 Å². The van der Waals surface area contributed by atoms with Crippen LogP contribution in [0.5, 0.6) is 5.75 Å². The molecule has 1 fully saturated rings. The van der Waals surface area contributed by atoms with Gasteiger partial charge < -0.3 is 19.8 Å². The average Bonchev–Trinajstić information content (AvgIpc) is 2.87. The van der Waals surface area contributed by atoms with Gasteiger partial charge in [0.2, 0.25) is 14.9 Å². The molecule has 0 saturated carbocycles. The first-order chi connectivity index (χ1) is 16.7. The van der Waals surface area contributed by atoms with Crippen LogP contribution in [0.2, 0.25) is 0 Å². The van der Waals surface area contributed by atoms with E-state index in [2.05, 4.69) is 76.2 Å². The number of nitrogens with zero attached hydrogens (tertiary/aromatic N) is 1. The molecule has 4 atom stereocenters. The quantitative estimate of drug-likeness (QED) is 0.390. The van der Waals surface area contributed by atoms with Crippen molar-refractivity contribution in [1.82, 2.24) is 0 Å². The highest BCUT2D eigenvalue weighted by molar-refractivity contribution is 6.80. The Balaban J connectivity index is 1.67. The lowest BCUT2D eigenvalue weighted by Gasteiger charge is -2.52. The van der Waals surface area contributed by atoms with Gasteiger partial charge in [-0.25, -0.2) is 0 Å². The summed E-state index contributed by atoms with van der Waals surface area (Å²) in [6, 6.07) is 27.9. The molecule has 184 valence electrons. The summed E-state index contributed by atoms with van der Waals surface area (Å²) in [4.78, 5) is 14.7. The Hall–Kier alpha value is -2.93. The molecule has 0 spiro atoms. The van der Waals surface area contributed by atoms with Gasteiger partial charge in [-0.3, -0.25) is 4.79 Å². The van der Waals surface area contributed by atoms with Crippen LogP contribution in [0.3, 0.4) is 0 Å². The topological polar surface area (TPSA) is 64.8 Å². The summed E-state index contributed by atoms with van der Waals surface area (Å²) >= 11 is 0. The van der Waals surface area contributed by atoms with E-state index in [4.69, 9.17) is 14.9 Å². The van der Waals surface area contributed by atoms with E-state index in [0.29, 0.717) is 0 Å². The minimum atomic E-state index is -1.99. The van der Waals surface area contributed by atoms with Crippen molar-refractivity contribution in [2.24, 2.45) is 17.1 Å². The van der Waals surface area contributed by atoms with Crippen molar-refractivity contribution in [2.45, 2.75) is 45.9 Å². The zero-order valence-electron chi connectivity index (χ0n) is 21.2. The van der Waals surface area contributed by atoms with E-state index >= 15 is 0 Å². The summed E-state index contributed by atoms with van der Waals surface area (Å²) in [7, 11) is -0.360. The molecule has 5 nitrogen and oxygen atoms in total. The van der Waals surface area contributed by atoms with E-state index < -0.39 is 15.1 Å². The second kappa shape index (κ2) is 10.4. The number of anilines is 1. The third-order valence-corrected chi connectivity index (χ3v) is 9.44. The van der Waals surface area contributed by atoms with E-state index in [1.54, 1.807) is 7.11 Å². The summed E-state index contributed by atoms with van der Waals surface area (Å²) in [6.07, 6.45) is -0.107. The van der Waals surface area contributed by atoms with Crippen LogP contribution in [-0.4, -0.2) is 40.2 Å². The molecular weight excluding hydrogens is 452 g/mol. The van der Waals surface area contributed by atoms with E-state index in [0.717, 1.165) is 11.4 Å². The van der Waals surface area contributed by atoms with Crippen LogP contribution in [0.4, 0.5) is 5.69 Å². The fraction of sp³-hybridized carbons (Fsp3) is 0.345. The number of benzene rings is 3. The van der Waals surface area contributed by atoms with Crippen LogP contribution in [0.25, 0.3) is 0 Å². The molecule has 1 unspecified atom stereocenters. The number of β-lactam (4-membered cyclic amide) rings is 1. The van der Waals surface area contributed by atoms with Gasteiger partial charge in [0.1, 0.15) is 11.8 Å². The molecule has 6 heteroatoms. The fourth-order valence-corrected chi connectivity index (χ4v) is 7.98. The zero-order valence-corrected chi connectivity index (χ0v) is 22.4. The molecule has 1 aliphatic heterocycles. The van der Waals surface area contributed by atoms with Gasteiger partial charge in [0, 0.05) is 11.6 Å².